The van der Waals surface area contributed by atoms with E-state index in [2.05, 4.69) is 10.00 Å². The molecule has 2 aromatic rings. The molecule has 6 heteroatoms. The van der Waals surface area contributed by atoms with Crippen LogP contribution >= 0.6 is 24.8 Å². The van der Waals surface area contributed by atoms with Gasteiger partial charge in [0.05, 0.1) is 12.1 Å². The SMILES string of the molecule is Cl.Cl.Oc1nn(CCN2CC3CCC2C3)cc1-c1ccccc1. The van der Waals surface area contributed by atoms with Crippen LogP contribution in [0.25, 0.3) is 11.1 Å². The maximum atomic E-state index is 10.0. The highest BCUT2D eigenvalue weighted by atomic mass is 35.5. The summed E-state index contributed by atoms with van der Waals surface area (Å²) in [5.74, 6) is 1.06. The van der Waals surface area contributed by atoms with Gasteiger partial charge in [0.1, 0.15) is 0 Å². The molecule has 1 aliphatic carbocycles. The maximum Gasteiger partial charge on any atom is 0.238 e. The molecule has 1 aromatic carbocycles. The lowest BCUT2D eigenvalue weighted by Gasteiger charge is -2.26. The maximum absolute atomic E-state index is 10.0. The van der Waals surface area contributed by atoms with Crippen LogP contribution in [0, 0.1) is 5.92 Å². The topological polar surface area (TPSA) is 41.3 Å². The Morgan fingerprint density at radius 1 is 1.09 bits per heavy atom. The summed E-state index contributed by atoms with van der Waals surface area (Å²) in [5.41, 5.74) is 1.83. The highest BCUT2D eigenvalue weighted by Crippen LogP contribution is 2.37. The smallest absolute Gasteiger partial charge is 0.238 e. The second kappa shape index (κ2) is 7.56. The van der Waals surface area contributed by atoms with Gasteiger partial charge in [0.15, 0.2) is 0 Å². The third kappa shape index (κ3) is 3.65. The summed E-state index contributed by atoms with van der Waals surface area (Å²) >= 11 is 0. The summed E-state index contributed by atoms with van der Waals surface area (Å²) in [6.07, 6.45) is 6.13. The molecule has 2 heterocycles. The van der Waals surface area contributed by atoms with E-state index in [0.29, 0.717) is 0 Å². The van der Waals surface area contributed by atoms with E-state index in [9.17, 15) is 5.11 Å². The van der Waals surface area contributed by atoms with Gasteiger partial charge in [-0.05, 0) is 30.7 Å². The van der Waals surface area contributed by atoms with Crippen molar-refractivity contribution in [2.75, 3.05) is 13.1 Å². The Kier molecular flexibility index (Phi) is 5.95. The number of nitrogens with zero attached hydrogens (tertiary/aromatic N) is 3. The average Bonchev–Trinajstić information content (AvgIpc) is 3.21. The molecule has 1 aliphatic heterocycles. The first-order valence-electron chi connectivity index (χ1n) is 7.85. The number of hydrogen-bond donors (Lipinski definition) is 1. The van der Waals surface area contributed by atoms with Crippen LogP contribution in [-0.4, -0.2) is 38.9 Å². The second-order valence-corrected chi connectivity index (χ2v) is 6.32. The predicted octanol–water partition coefficient (Wildman–Crippen LogP) is 3.58. The van der Waals surface area contributed by atoms with Gasteiger partial charge in [-0.15, -0.1) is 29.9 Å². The molecule has 1 aromatic heterocycles. The number of hydrogen-bond acceptors (Lipinski definition) is 3. The number of aromatic hydroxyl groups is 1. The van der Waals surface area contributed by atoms with Crippen LogP contribution in [0.15, 0.2) is 36.5 Å². The molecule has 1 N–H and O–H groups in total. The highest BCUT2D eigenvalue weighted by Gasteiger charge is 2.37. The minimum atomic E-state index is 0. The molecule has 2 atom stereocenters. The minimum Gasteiger partial charge on any atom is -0.492 e. The summed E-state index contributed by atoms with van der Waals surface area (Å²) in [6.45, 7) is 3.14. The van der Waals surface area contributed by atoms with Crippen molar-refractivity contribution in [2.45, 2.75) is 31.8 Å². The van der Waals surface area contributed by atoms with Gasteiger partial charge < -0.3 is 5.11 Å². The molecule has 1 saturated carbocycles. The Bertz CT molecular complexity index is 632. The standard InChI is InChI=1S/C17H21N3O.2ClH/c21-17-16(14-4-2-1-3-5-14)12-20(18-17)9-8-19-11-13-6-7-15(19)10-13;;/h1-5,12-13,15H,6-11H2,(H,18,21);2*1H. The first-order valence-corrected chi connectivity index (χ1v) is 7.85. The number of likely N-dealkylation sites (tertiary alicyclic amines) is 1. The summed E-state index contributed by atoms with van der Waals surface area (Å²) in [6, 6.07) is 10.7. The molecular weight excluding hydrogens is 333 g/mol. The Morgan fingerprint density at radius 3 is 2.52 bits per heavy atom. The van der Waals surface area contributed by atoms with Gasteiger partial charge in [-0.25, -0.2) is 0 Å². The molecular formula is C17H23Cl2N3O. The zero-order valence-electron chi connectivity index (χ0n) is 13.0. The predicted molar refractivity (Wildman–Crippen MR) is 96.5 cm³/mol. The van der Waals surface area contributed by atoms with Crippen molar-refractivity contribution in [3.63, 3.8) is 0 Å². The molecule has 0 amide bonds. The monoisotopic (exact) mass is 355 g/mol. The Morgan fingerprint density at radius 2 is 1.87 bits per heavy atom. The van der Waals surface area contributed by atoms with Crippen LogP contribution < -0.4 is 0 Å². The Labute approximate surface area is 149 Å². The van der Waals surface area contributed by atoms with Crippen molar-refractivity contribution < 1.29 is 5.11 Å². The lowest BCUT2D eigenvalue weighted by molar-refractivity contribution is 0.203. The van der Waals surface area contributed by atoms with E-state index in [0.717, 1.165) is 36.2 Å². The summed E-state index contributed by atoms with van der Waals surface area (Å²) in [4.78, 5) is 2.59. The number of aromatic nitrogens is 2. The molecule has 4 nitrogen and oxygen atoms in total. The fourth-order valence-electron chi connectivity index (χ4n) is 3.88. The number of rotatable bonds is 4. The second-order valence-electron chi connectivity index (χ2n) is 6.32. The number of piperidine rings is 1. The van der Waals surface area contributed by atoms with Crippen molar-refractivity contribution >= 4 is 24.8 Å². The van der Waals surface area contributed by atoms with E-state index in [1.54, 1.807) is 0 Å². The molecule has 2 unspecified atom stereocenters. The van der Waals surface area contributed by atoms with E-state index in [-0.39, 0.29) is 30.7 Å². The quantitative estimate of drug-likeness (QED) is 0.910. The third-order valence-electron chi connectivity index (χ3n) is 4.97. The molecule has 2 bridgehead atoms. The fraction of sp³-hybridized carbons (Fsp3) is 0.471. The molecule has 2 fully saturated rings. The van der Waals surface area contributed by atoms with Gasteiger partial charge >= 0.3 is 0 Å². The van der Waals surface area contributed by atoms with Crippen LogP contribution in [0.5, 0.6) is 5.88 Å². The largest absolute Gasteiger partial charge is 0.492 e. The third-order valence-corrected chi connectivity index (χ3v) is 4.97. The van der Waals surface area contributed by atoms with Crippen LogP contribution in [0.4, 0.5) is 0 Å². The number of benzene rings is 1. The molecule has 2 aliphatic rings. The number of fused-ring (bicyclic) bond motifs is 2. The van der Waals surface area contributed by atoms with Crippen molar-refractivity contribution in [1.82, 2.24) is 14.7 Å². The van der Waals surface area contributed by atoms with Gasteiger partial charge in [-0.2, -0.15) is 0 Å². The lowest BCUT2D eigenvalue weighted by atomic mass is 10.1. The van der Waals surface area contributed by atoms with E-state index in [4.69, 9.17) is 0 Å². The Balaban J connectivity index is 0.000000960. The molecule has 23 heavy (non-hydrogen) atoms. The molecule has 1 saturated heterocycles. The van der Waals surface area contributed by atoms with E-state index < -0.39 is 0 Å². The molecule has 0 radical (unpaired) electrons. The first kappa shape index (κ1) is 18.1. The first-order chi connectivity index (χ1) is 10.3. The van der Waals surface area contributed by atoms with E-state index >= 15 is 0 Å². The average molecular weight is 356 g/mol. The summed E-state index contributed by atoms with van der Waals surface area (Å²) < 4.78 is 1.88. The normalized spacial score (nSPS) is 22.6. The van der Waals surface area contributed by atoms with Crippen molar-refractivity contribution in [3.05, 3.63) is 36.5 Å². The van der Waals surface area contributed by atoms with Gasteiger partial charge in [0.25, 0.3) is 0 Å². The van der Waals surface area contributed by atoms with Crippen molar-refractivity contribution in [2.24, 2.45) is 5.92 Å². The molecule has 4 rings (SSSR count). The highest BCUT2D eigenvalue weighted by molar-refractivity contribution is 5.85. The van der Waals surface area contributed by atoms with Gasteiger partial charge in [-0.3, -0.25) is 9.58 Å². The van der Waals surface area contributed by atoms with E-state index in [1.165, 1.54) is 25.8 Å². The van der Waals surface area contributed by atoms with E-state index in [1.807, 2.05) is 41.2 Å². The molecule has 126 valence electrons. The van der Waals surface area contributed by atoms with Gasteiger partial charge in [-0.1, -0.05) is 30.3 Å². The fourth-order valence-corrected chi connectivity index (χ4v) is 3.88. The Hall–Kier alpha value is -1.23. The number of halogens is 2. The van der Waals surface area contributed by atoms with Crippen molar-refractivity contribution in [3.8, 4) is 17.0 Å². The molecule has 0 spiro atoms. The summed E-state index contributed by atoms with van der Waals surface area (Å²) in [7, 11) is 0. The van der Waals surface area contributed by atoms with Crippen LogP contribution in [-0.2, 0) is 6.54 Å². The lowest BCUT2D eigenvalue weighted by Crippen LogP contribution is -2.34. The minimum absolute atomic E-state index is 0. The van der Waals surface area contributed by atoms with Crippen LogP contribution in [0.1, 0.15) is 19.3 Å². The van der Waals surface area contributed by atoms with Crippen LogP contribution in [0.3, 0.4) is 0 Å². The van der Waals surface area contributed by atoms with Crippen LogP contribution in [0.2, 0.25) is 0 Å². The van der Waals surface area contributed by atoms with Gasteiger partial charge in [0, 0.05) is 25.3 Å². The van der Waals surface area contributed by atoms with Crippen molar-refractivity contribution in [1.29, 1.82) is 0 Å². The van der Waals surface area contributed by atoms with Gasteiger partial charge in [0.2, 0.25) is 5.88 Å². The zero-order valence-corrected chi connectivity index (χ0v) is 14.6. The summed E-state index contributed by atoms with van der Waals surface area (Å²) in [5, 5.41) is 14.3. The zero-order chi connectivity index (χ0) is 14.2.